The van der Waals surface area contributed by atoms with Crippen LogP contribution in [-0.4, -0.2) is 36.1 Å². The summed E-state index contributed by atoms with van der Waals surface area (Å²) in [7, 11) is 0. The van der Waals surface area contributed by atoms with Gasteiger partial charge in [-0.25, -0.2) is 4.98 Å². The van der Waals surface area contributed by atoms with Crippen molar-refractivity contribution in [3.05, 3.63) is 15.6 Å². The first-order valence-corrected chi connectivity index (χ1v) is 7.83. The number of aromatic nitrogens is 1. The molecule has 18 heavy (non-hydrogen) atoms. The van der Waals surface area contributed by atoms with Crippen molar-refractivity contribution in [1.29, 1.82) is 0 Å². The monoisotopic (exact) mass is 267 g/mol. The van der Waals surface area contributed by atoms with E-state index in [4.69, 9.17) is 0 Å². The van der Waals surface area contributed by atoms with E-state index in [1.165, 1.54) is 48.1 Å². The van der Waals surface area contributed by atoms with Crippen molar-refractivity contribution in [3.63, 3.8) is 0 Å². The normalized spacial score (nSPS) is 18.4. The first-order valence-electron chi connectivity index (χ1n) is 7.01. The second-order valence-corrected chi connectivity index (χ2v) is 6.73. The van der Waals surface area contributed by atoms with Crippen LogP contribution in [0.15, 0.2) is 0 Å². The molecule has 0 bridgehead atoms. The van der Waals surface area contributed by atoms with Crippen molar-refractivity contribution >= 4 is 11.3 Å². The number of nitrogens with one attached hydrogen (secondary N) is 1. The van der Waals surface area contributed by atoms with Gasteiger partial charge in [0.15, 0.2) is 0 Å². The Morgan fingerprint density at radius 3 is 2.67 bits per heavy atom. The number of nitrogens with zero attached hydrogens (tertiary/aromatic N) is 2. The van der Waals surface area contributed by atoms with Crippen molar-refractivity contribution in [2.75, 3.05) is 26.2 Å². The third-order valence-corrected chi connectivity index (χ3v) is 4.84. The van der Waals surface area contributed by atoms with Gasteiger partial charge in [0.05, 0.1) is 10.7 Å². The average molecular weight is 267 g/mol. The lowest BCUT2D eigenvalue weighted by atomic mass is 9.99. The summed E-state index contributed by atoms with van der Waals surface area (Å²) < 4.78 is 0. The number of thiazole rings is 1. The largest absolute Gasteiger partial charge is 0.311 e. The molecule has 4 heteroatoms. The lowest BCUT2D eigenvalue weighted by Gasteiger charge is -2.30. The summed E-state index contributed by atoms with van der Waals surface area (Å²) in [5.74, 6) is 0.928. The topological polar surface area (TPSA) is 28.2 Å². The minimum absolute atomic E-state index is 0.928. The first kappa shape index (κ1) is 14.0. The van der Waals surface area contributed by atoms with Crippen LogP contribution >= 0.6 is 11.3 Å². The molecule has 0 radical (unpaired) electrons. The minimum atomic E-state index is 0.928. The van der Waals surface area contributed by atoms with Crippen LogP contribution in [0.1, 0.15) is 35.3 Å². The molecular weight excluding hydrogens is 242 g/mol. The van der Waals surface area contributed by atoms with Crippen molar-refractivity contribution in [3.8, 4) is 0 Å². The van der Waals surface area contributed by atoms with E-state index in [2.05, 4.69) is 36.0 Å². The van der Waals surface area contributed by atoms with Crippen LogP contribution in [-0.2, 0) is 6.54 Å². The summed E-state index contributed by atoms with van der Waals surface area (Å²) in [6, 6.07) is 0. The molecule has 3 nitrogen and oxygen atoms in total. The fraction of sp³-hybridized carbons (Fsp3) is 0.786. The molecule has 0 aliphatic carbocycles. The Labute approximate surface area is 115 Å². The van der Waals surface area contributed by atoms with E-state index < -0.39 is 0 Å². The second-order valence-electron chi connectivity index (χ2n) is 5.44. The minimum Gasteiger partial charge on any atom is -0.311 e. The van der Waals surface area contributed by atoms with Crippen molar-refractivity contribution in [2.24, 2.45) is 5.92 Å². The molecule has 1 saturated heterocycles. The van der Waals surface area contributed by atoms with E-state index in [0.717, 1.165) is 19.0 Å². The molecule has 0 unspecified atom stereocenters. The molecule has 0 saturated carbocycles. The van der Waals surface area contributed by atoms with Gasteiger partial charge in [-0.3, -0.25) is 0 Å². The van der Waals surface area contributed by atoms with Crippen LogP contribution in [0.2, 0.25) is 0 Å². The van der Waals surface area contributed by atoms with Crippen molar-refractivity contribution in [1.82, 2.24) is 15.2 Å². The van der Waals surface area contributed by atoms with E-state index in [-0.39, 0.29) is 0 Å². The Hall–Kier alpha value is -0.450. The third kappa shape index (κ3) is 4.04. The number of piperidine rings is 1. The zero-order valence-electron chi connectivity index (χ0n) is 11.8. The van der Waals surface area contributed by atoms with E-state index >= 15 is 0 Å². The number of rotatable bonds is 5. The smallest absolute Gasteiger partial charge is 0.0900 e. The van der Waals surface area contributed by atoms with Crippen LogP contribution in [0.3, 0.4) is 0 Å². The molecule has 1 fully saturated rings. The maximum Gasteiger partial charge on any atom is 0.0900 e. The summed E-state index contributed by atoms with van der Waals surface area (Å²) in [6.07, 6.45) is 2.74. The Morgan fingerprint density at radius 2 is 2.06 bits per heavy atom. The third-order valence-electron chi connectivity index (χ3n) is 3.77. The van der Waals surface area contributed by atoms with E-state index in [1.807, 2.05) is 11.3 Å². The zero-order valence-corrected chi connectivity index (χ0v) is 12.6. The van der Waals surface area contributed by atoms with Crippen LogP contribution in [0, 0.1) is 19.8 Å². The average Bonchev–Trinajstić information content (AvgIpc) is 2.66. The number of likely N-dealkylation sites (tertiary alicyclic amines) is 1. The van der Waals surface area contributed by atoms with E-state index in [0.29, 0.717) is 0 Å². The summed E-state index contributed by atoms with van der Waals surface area (Å²) in [6.45, 7) is 12.4. The number of aryl methyl sites for hydroxylation is 2. The van der Waals surface area contributed by atoms with Crippen LogP contribution < -0.4 is 5.32 Å². The molecule has 2 heterocycles. The Balaban J connectivity index is 1.63. The van der Waals surface area contributed by atoms with Gasteiger partial charge in [-0.15, -0.1) is 11.3 Å². The SMILES string of the molecule is Cc1nc(C)c(CNCCN2CCC(C)CC2)s1. The standard InChI is InChI=1S/C14H25N3S/c1-11-4-7-17(8-5-11)9-6-15-10-14-12(2)16-13(3)18-14/h11,15H,4-10H2,1-3H3. The van der Waals surface area contributed by atoms with Crippen LogP contribution in [0.25, 0.3) is 0 Å². The Kier molecular flexibility index (Phi) is 5.15. The van der Waals surface area contributed by atoms with Gasteiger partial charge in [0.1, 0.15) is 0 Å². The second kappa shape index (κ2) is 6.64. The lowest BCUT2D eigenvalue weighted by Crippen LogP contribution is -2.37. The summed E-state index contributed by atoms with van der Waals surface area (Å²) in [5, 5.41) is 4.72. The fourth-order valence-electron chi connectivity index (χ4n) is 2.46. The predicted octanol–water partition coefficient (Wildman–Crippen LogP) is 2.58. The maximum atomic E-state index is 4.46. The molecule has 0 aromatic carbocycles. The summed E-state index contributed by atoms with van der Waals surface area (Å²) in [5.41, 5.74) is 1.19. The van der Waals surface area contributed by atoms with Gasteiger partial charge in [-0.1, -0.05) is 6.92 Å². The molecule has 0 atom stereocenters. The quantitative estimate of drug-likeness (QED) is 0.831. The highest BCUT2D eigenvalue weighted by molar-refractivity contribution is 7.11. The highest BCUT2D eigenvalue weighted by atomic mass is 32.1. The maximum absolute atomic E-state index is 4.46. The molecule has 1 aromatic heterocycles. The van der Waals surface area contributed by atoms with Gasteiger partial charge in [0.2, 0.25) is 0 Å². The summed E-state index contributed by atoms with van der Waals surface area (Å²) in [4.78, 5) is 8.43. The van der Waals surface area contributed by atoms with Gasteiger partial charge in [0, 0.05) is 24.5 Å². The van der Waals surface area contributed by atoms with Crippen molar-refractivity contribution in [2.45, 2.75) is 40.2 Å². The molecule has 1 aliphatic heterocycles. The molecule has 2 rings (SSSR count). The zero-order chi connectivity index (χ0) is 13.0. The molecule has 0 spiro atoms. The molecule has 1 aliphatic rings. The van der Waals surface area contributed by atoms with Crippen LogP contribution in [0.5, 0.6) is 0 Å². The van der Waals surface area contributed by atoms with Gasteiger partial charge in [-0.2, -0.15) is 0 Å². The van der Waals surface area contributed by atoms with E-state index in [1.54, 1.807) is 0 Å². The lowest BCUT2D eigenvalue weighted by molar-refractivity contribution is 0.193. The van der Waals surface area contributed by atoms with Crippen LogP contribution in [0.4, 0.5) is 0 Å². The molecule has 1 aromatic rings. The molecular formula is C14H25N3S. The molecule has 1 N–H and O–H groups in total. The predicted molar refractivity (Wildman–Crippen MR) is 78.1 cm³/mol. The van der Waals surface area contributed by atoms with Gasteiger partial charge >= 0.3 is 0 Å². The number of hydrogen-bond donors (Lipinski definition) is 1. The molecule has 0 amide bonds. The van der Waals surface area contributed by atoms with Gasteiger partial charge in [0.25, 0.3) is 0 Å². The highest BCUT2D eigenvalue weighted by Gasteiger charge is 2.14. The van der Waals surface area contributed by atoms with Gasteiger partial charge < -0.3 is 10.2 Å². The van der Waals surface area contributed by atoms with E-state index in [9.17, 15) is 0 Å². The number of hydrogen-bond acceptors (Lipinski definition) is 4. The Bertz CT molecular complexity index is 367. The summed E-state index contributed by atoms with van der Waals surface area (Å²) >= 11 is 1.81. The van der Waals surface area contributed by atoms with Gasteiger partial charge in [-0.05, 0) is 45.7 Å². The highest BCUT2D eigenvalue weighted by Crippen LogP contribution is 2.17. The Morgan fingerprint density at radius 1 is 1.33 bits per heavy atom. The van der Waals surface area contributed by atoms with Crippen molar-refractivity contribution < 1.29 is 0 Å². The molecule has 102 valence electrons. The fourth-order valence-corrected chi connectivity index (χ4v) is 3.37. The first-order chi connectivity index (χ1) is 8.65.